The second-order valence-electron chi connectivity index (χ2n) is 9.31. The Kier molecular flexibility index (Phi) is 8.77. The molecule has 4 rings (SSSR count). The molecule has 166 valence electrons. The van der Waals surface area contributed by atoms with Crippen LogP contribution in [-0.2, 0) is 6.16 Å². The van der Waals surface area contributed by atoms with E-state index >= 15 is 0 Å². The number of benzene rings is 4. The van der Waals surface area contributed by atoms with Crippen molar-refractivity contribution < 1.29 is 17.0 Å². The summed E-state index contributed by atoms with van der Waals surface area (Å²) in [5.41, 5.74) is 1.62. The molecule has 0 bridgehead atoms. The molecule has 0 atom stereocenters. The molecule has 0 amide bonds. The third-order valence-corrected chi connectivity index (χ3v) is 11.9. The molecule has 0 fully saturated rings. The van der Waals surface area contributed by atoms with Crippen molar-refractivity contribution >= 4 is 39.6 Å². The van der Waals surface area contributed by atoms with Crippen molar-refractivity contribution in [2.45, 2.75) is 65.5 Å². The average molecular weight is 498 g/mol. The third kappa shape index (κ3) is 5.09. The Balaban J connectivity index is 0.00000272. The first-order chi connectivity index (χ1) is 14.7. The van der Waals surface area contributed by atoms with Crippen LogP contribution in [0.4, 0.5) is 0 Å². The number of hydrogen-bond acceptors (Lipinski definition) is 0. The monoisotopic (exact) mass is 496 g/mol. The second-order valence-corrected chi connectivity index (χ2v) is 13.7. The standard InChI is InChI=1S/C29H38P.BrH/c1-4-7-19-30(20-8-5-2,21-9-6-3)22-26-16-15-25-14-13-23-11-10-12-24-17-18-27(26)29(25)28(23)24;/h10-18H,4-9,19-22H2,1-3H3;1H/q+1;/p-1. The van der Waals surface area contributed by atoms with Crippen molar-refractivity contribution in [1.29, 1.82) is 0 Å². The van der Waals surface area contributed by atoms with Crippen LogP contribution in [-0.4, -0.2) is 18.5 Å². The van der Waals surface area contributed by atoms with Gasteiger partial charge in [-0.05, 0) is 57.1 Å². The number of hydrogen-bond donors (Lipinski definition) is 0. The van der Waals surface area contributed by atoms with Crippen LogP contribution in [0.3, 0.4) is 0 Å². The van der Waals surface area contributed by atoms with Crippen molar-refractivity contribution in [3.05, 3.63) is 60.2 Å². The molecule has 0 saturated heterocycles. The quantitative estimate of drug-likeness (QED) is 0.164. The Morgan fingerprint density at radius 1 is 0.581 bits per heavy atom. The van der Waals surface area contributed by atoms with Gasteiger partial charge in [-0.2, -0.15) is 0 Å². The zero-order valence-corrected chi connectivity index (χ0v) is 22.1. The number of rotatable bonds is 11. The normalized spacial score (nSPS) is 12.1. The van der Waals surface area contributed by atoms with E-state index in [1.807, 2.05) is 0 Å². The molecule has 31 heavy (non-hydrogen) atoms. The Morgan fingerprint density at radius 3 is 1.61 bits per heavy atom. The predicted molar refractivity (Wildman–Crippen MR) is 140 cm³/mol. The summed E-state index contributed by atoms with van der Waals surface area (Å²) in [5, 5.41) is 8.65. The number of unbranched alkanes of at least 4 members (excludes halogenated alkanes) is 3. The summed E-state index contributed by atoms with van der Waals surface area (Å²) in [5.74, 6) is 0. The Labute approximate surface area is 200 Å². The van der Waals surface area contributed by atoms with Crippen LogP contribution in [0.2, 0.25) is 0 Å². The highest BCUT2D eigenvalue weighted by Gasteiger charge is 2.36. The molecule has 4 aromatic carbocycles. The maximum atomic E-state index is 2.47. The minimum absolute atomic E-state index is 0. The first-order valence-electron chi connectivity index (χ1n) is 12.2. The molecule has 0 aliphatic heterocycles. The first-order valence-corrected chi connectivity index (χ1v) is 14.7. The topological polar surface area (TPSA) is 0 Å². The van der Waals surface area contributed by atoms with Gasteiger partial charge in [-0.25, -0.2) is 0 Å². The van der Waals surface area contributed by atoms with Crippen molar-refractivity contribution in [1.82, 2.24) is 0 Å². The van der Waals surface area contributed by atoms with Gasteiger partial charge in [0, 0.05) is 7.26 Å². The minimum Gasteiger partial charge on any atom is -1.00 e. The average Bonchev–Trinajstić information content (AvgIpc) is 2.79. The molecule has 0 nitrogen and oxygen atoms in total. The summed E-state index contributed by atoms with van der Waals surface area (Å²) in [6.45, 7) is 7.10. The first kappa shape index (κ1) is 24.5. The summed E-state index contributed by atoms with van der Waals surface area (Å²) < 4.78 is 0. The maximum absolute atomic E-state index is 2.47. The van der Waals surface area contributed by atoms with Crippen LogP contribution in [0.15, 0.2) is 54.6 Å². The van der Waals surface area contributed by atoms with Gasteiger partial charge in [0.2, 0.25) is 0 Å². The van der Waals surface area contributed by atoms with E-state index in [9.17, 15) is 0 Å². The van der Waals surface area contributed by atoms with Crippen LogP contribution in [0.1, 0.15) is 64.9 Å². The second kappa shape index (κ2) is 11.1. The van der Waals surface area contributed by atoms with Gasteiger partial charge in [0.05, 0.1) is 24.6 Å². The van der Waals surface area contributed by atoms with Crippen LogP contribution in [0.5, 0.6) is 0 Å². The molecule has 0 radical (unpaired) electrons. The van der Waals surface area contributed by atoms with Gasteiger partial charge in [0.25, 0.3) is 0 Å². The summed E-state index contributed by atoms with van der Waals surface area (Å²) in [6.07, 6.45) is 14.0. The molecule has 0 heterocycles. The van der Waals surface area contributed by atoms with Crippen LogP contribution in [0.25, 0.3) is 32.3 Å². The van der Waals surface area contributed by atoms with E-state index in [0.717, 1.165) is 0 Å². The minimum atomic E-state index is -0.959. The summed E-state index contributed by atoms with van der Waals surface area (Å²) in [4.78, 5) is 0. The van der Waals surface area contributed by atoms with Gasteiger partial charge >= 0.3 is 0 Å². The van der Waals surface area contributed by atoms with Gasteiger partial charge in [-0.3, -0.25) is 0 Å². The maximum Gasteiger partial charge on any atom is 0.0848 e. The van der Waals surface area contributed by atoms with Crippen LogP contribution < -0.4 is 17.0 Å². The highest BCUT2D eigenvalue weighted by Crippen LogP contribution is 2.63. The fourth-order valence-corrected chi connectivity index (χ4v) is 10.5. The summed E-state index contributed by atoms with van der Waals surface area (Å²) >= 11 is 0. The summed E-state index contributed by atoms with van der Waals surface area (Å²) in [7, 11) is -0.959. The van der Waals surface area contributed by atoms with E-state index in [1.165, 1.54) is 95.5 Å². The SMILES string of the molecule is CCCC[P+](CCCC)(CCCC)Cc1ccc2ccc3cccc4ccc1c2c34.[Br-]. The van der Waals surface area contributed by atoms with Gasteiger partial charge in [0.1, 0.15) is 0 Å². The van der Waals surface area contributed by atoms with E-state index in [2.05, 4.69) is 75.4 Å². The van der Waals surface area contributed by atoms with Gasteiger partial charge in [0.15, 0.2) is 0 Å². The van der Waals surface area contributed by atoms with E-state index in [4.69, 9.17) is 0 Å². The lowest BCUT2D eigenvalue weighted by molar-refractivity contribution is -0.00000620. The number of halogens is 1. The third-order valence-electron chi connectivity index (χ3n) is 7.08. The zero-order valence-electron chi connectivity index (χ0n) is 19.6. The smallest absolute Gasteiger partial charge is 0.0848 e. The molecule has 2 heteroatoms. The van der Waals surface area contributed by atoms with Crippen molar-refractivity contribution in [3.8, 4) is 0 Å². The fraction of sp³-hybridized carbons (Fsp3) is 0.448. The Bertz CT molecular complexity index is 1060. The highest BCUT2D eigenvalue weighted by molar-refractivity contribution is 7.75. The molecule has 0 N–H and O–H groups in total. The molecule has 0 aliphatic carbocycles. The van der Waals surface area contributed by atoms with Gasteiger partial charge < -0.3 is 17.0 Å². The van der Waals surface area contributed by atoms with Crippen molar-refractivity contribution in [3.63, 3.8) is 0 Å². The van der Waals surface area contributed by atoms with Crippen molar-refractivity contribution in [2.75, 3.05) is 18.5 Å². The Morgan fingerprint density at radius 2 is 1.06 bits per heavy atom. The predicted octanol–water partition coefficient (Wildman–Crippen LogP) is 6.51. The van der Waals surface area contributed by atoms with Crippen LogP contribution in [0, 0.1) is 0 Å². The van der Waals surface area contributed by atoms with E-state index < -0.39 is 7.26 Å². The largest absolute Gasteiger partial charge is 1.00 e. The Hall–Kier alpha value is -1.17. The van der Waals surface area contributed by atoms with Gasteiger partial charge in [-0.15, -0.1) is 0 Å². The molecule has 0 aliphatic rings. The summed E-state index contributed by atoms with van der Waals surface area (Å²) in [6, 6.07) is 21.0. The molecule has 0 saturated carbocycles. The fourth-order valence-electron chi connectivity index (χ4n) is 5.35. The molecular weight excluding hydrogens is 459 g/mol. The van der Waals surface area contributed by atoms with Gasteiger partial charge in [-0.1, -0.05) is 94.6 Å². The van der Waals surface area contributed by atoms with Crippen LogP contribution >= 0.6 is 7.26 Å². The molecular formula is C29H38BrP. The lowest BCUT2D eigenvalue weighted by Crippen LogP contribution is -3.00. The van der Waals surface area contributed by atoms with E-state index in [-0.39, 0.29) is 17.0 Å². The lowest BCUT2D eigenvalue weighted by Gasteiger charge is -2.29. The zero-order chi connectivity index (χ0) is 21.0. The molecule has 0 unspecified atom stereocenters. The molecule has 0 aromatic heterocycles. The lowest BCUT2D eigenvalue weighted by atomic mass is 9.92. The van der Waals surface area contributed by atoms with E-state index in [1.54, 1.807) is 5.56 Å². The highest BCUT2D eigenvalue weighted by atomic mass is 79.9. The van der Waals surface area contributed by atoms with E-state index in [0.29, 0.717) is 0 Å². The molecule has 0 spiro atoms. The molecule has 4 aromatic rings. The van der Waals surface area contributed by atoms with Crippen molar-refractivity contribution in [2.24, 2.45) is 0 Å².